The molecule has 244 valence electrons. The van der Waals surface area contributed by atoms with Crippen molar-refractivity contribution in [2.45, 2.75) is 0 Å². The van der Waals surface area contributed by atoms with Crippen LogP contribution in [-0.2, 0) is 0 Å². The maximum atomic E-state index is 11.5. The second kappa shape index (κ2) is 12.0. The Morgan fingerprint density at radius 3 is 1.88 bits per heavy atom. The van der Waals surface area contributed by atoms with Crippen molar-refractivity contribution in [1.29, 1.82) is 0 Å². The number of nitrogens with zero attached hydrogens (tertiary/aromatic N) is 3. The molecular formula is C47H29N3O2. The highest BCUT2D eigenvalue weighted by Gasteiger charge is 2.20. The van der Waals surface area contributed by atoms with Crippen molar-refractivity contribution in [3.05, 3.63) is 170 Å². The van der Waals surface area contributed by atoms with Crippen LogP contribution >= 0.6 is 0 Å². The standard InChI is InChI=1S/C47H29N3O2/c51-41-21-10-20-39(43(41)33-15-8-14-32(27-33)36-18-9-19-38-37-17-6-7-22-42(37)52-44(36)38)47-49-45(31-12-2-1-3-13-31)48-46(50-47)34-26-25-30-24-23-29-11-4-5-16-35(29)40(30)28-34/h1-28,51H. The lowest BCUT2D eigenvalue weighted by molar-refractivity contribution is 0.477. The summed E-state index contributed by atoms with van der Waals surface area (Å²) in [6, 6.07) is 57.0. The third-order valence-corrected chi connectivity index (χ3v) is 9.82. The van der Waals surface area contributed by atoms with Gasteiger partial charge in [0.15, 0.2) is 17.5 Å². The summed E-state index contributed by atoms with van der Waals surface area (Å²) in [5.41, 5.74) is 7.56. The molecule has 1 N–H and O–H groups in total. The van der Waals surface area contributed by atoms with Gasteiger partial charge in [-0.15, -0.1) is 0 Å². The fraction of sp³-hybridized carbons (Fsp3) is 0. The number of aromatic nitrogens is 3. The molecule has 0 amide bonds. The van der Waals surface area contributed by atoms with Crippen molar-refractivity contribution in [1.82, 2.24) is 15.0 Å². The molecule has 0 aliphatic heterocycles. The molecule has 0 atom stereocenters. The first-order valence-corrected chi connectivity index (χ1v) is 17.2. The molecule has 0 aliphatic rings. The van der Waals surface area contributed by atoms with Gasteiger partial charge in [-0.25, -0.2) is 15.0 Å². The highest BCUT2D eigenvalue weighted by Crippen LogP contribution is 2.42. The lowest BCUT2D eigenvalue weighted by Crippen LogP contribution is -2.01. The van der Waals surface area contributed by atoms with Gasteiger partial charge in [-0.3, -0.25) is 0 Å². The molecule has 0 unspecified atom stereocenters. The number of phenolic OH excluding ortho intramolecular Hbond substituents is 1. The predicted molar refractivity (Wildman–Crippen MR) is 211 cm³/mol. The highest BCUT2D eigenvalue weighted by molar-refractivity contribution is 6.10. The number of fused-ring (bicyclic) bond motifs is 6. The van der Waals surface area contributed by atoms with Crippen LogP contribution in [-0.4, -0.2) is 20.1 Å². The van der Waals surface area contributed by atoms with Crippen molar-refractivity contribution in [2.24, 2.45) is 0 Å². The Balaban J connectivity index is 1.16. The van der Waals surface area contributed by atoms with Gasteiger partial charge in [-0.2, -0.15) is 0 Å². The third-order valence-electron chi connectivity index (χ3n) is 9.82. The van der Waals surface area contributed by atoms with Crippen LogP contribution in [0.3, 0.4) is 0 Å². The van der Waals surface area contributed by atoms with Crippen molar-refractivity contribution >= 4 is 43.5 Å². The van der Waals surface area contributed by atoms with Crippen LogP contribution in [0.2, 0.25) is 0 Å². The molecule has 0 spiro atoms. The molecule has 0 aliphatic carbocycles. The average Bonchev–Trinajstić information content (AvgIpc) is 3.60. The summed E-state index contributed by atoms with van der Waals surface area (Å²) >= 11 is 0. The molecule has 5 heteroatoms. The number of hydrogen-bond donors (Lipinski definition) is 1. The molecule has 2 aromatic heterocycles. The summed E-state index contributed by atoms with van der Waals surface area (Å²) in [7, 11) is 0. The Hall–Kier alpha value is -7.11. The van der Waals surface area contributed by atoms with Gasteiger partial charge in [-0.05, 0) is 56.9 Å². The Kier molecular flexibility index (Phi) is 6.89. The van der Waals surface area contributed by atoms with E-state index in [1.54, 1.807) is 6.07 Å². The van der Waals surface area contributed by atoms with Gasteiger partial charge in [0.2, 0.25) is 0 Å². The second-order valence-electron chi connectivity index (χ2n) is 13.0. The first-order valence-electron chi connectivity index (χ1n) is 17.2. The molecule has 52 heavy (non-hydrogen) atoms. The zero-order chi connectivity index (χ0) is 34.6. The molecular weight excluding hydrogens is 639 g/mol. The Morgan fingerprint density at radius 2 is 1.00 bits per heavy atom. The lowest BCUT2D eigenvalue weighted by Gasteiger charge is -2.14. The summed E-state index contributed by atoms with van der Waals surface area (Å²) < 4.78 is 6.38. The number of hydrogen-bond acceptors (Lipinski definition) is 5. The van der Waals surface area contributed by atoms with E-state index in [2.05, 4.69) is 91.0 Å². The summed E-state index contributed by atoms with van der Waals surface area (Å²) in [5, 5.41) is 18.3. The van der Waals surface area contributed by atoms with Crippen LogP contribution < -0.4 is 0 Å². The van der Waals surface area contributed by atoms with E-state index in [9.17, 15) is 5.11 Å². The number of aromatic hydroxyl groups is 1. The van der Waals surface area contributed by atoms with E-state index in [0.29, 0.717) is 28.6 Å². The fourth-order valence-corrected chi connectivity index (χ4v) is 7.33. The quantitative estimate of drug-likeness (QED) is 0.185. The number of phenols is 1. The maximum Gasteiger partial charge on any atom is 0.164 e. The molecule has 0 saturated carbocycles. The van der Waals surface area contributed by atoms with Crippen molar-refractivity contribution < 1.29 is 9.52 Å². The van der Waals surface area contributed by atoms with Crippen LogP contribution in [0, 0.1) is 0 Å². The minimum Gasteiger partial charge on any atom is -0.507 e. The number of rotatable bonds is 5. The van der Waals surface area contributed by atoms with Crippen LogP contribution in [0.1, 0.15) is 0 Å². The normalized spacial score (nSPS) is 11.5. The average molecular weight is 668 g/mol. The van der Waals surface area contributed by atoms with Gasteiger partial charge in [0.25, 0.3) is 0 Å². The molecule has 0 fully saturated rings. The lowest BCUT2D eigenvalue weighted by atomic mass is 9.94. The van der Waals surface area contributed by atoms with Crippen LogP contribution in [0.15, 0.2) is 174 Å². The van der Waals surface area contributed by atoms with Crippen LogP contribution in [0.4, 0.5) is 0 Å². The highest BCUT2D eigenvalue weighted by atomic mass is 16.3. The van der Waals surface area contributed by atoms with E-state index in [1.807, 2.05) is 72.8 Å². The molecule has 10 rings (SSSR count). The number of furan rings is 1. The first kappa shape index (κ1) is 29.8. The summed E-state index contributed by atoms with van der Waals surface area (Å²) in [6.07, 6.45) is 0. The van der Waals surface area contributed by atoms with Gasteiger partial charge in [0.1, 0.15) is 16.9 Å². The molecule has 0 bridgehead atoms. The van der Waals surface area contributed by atoms with E-state index in [0.717, 1.165) is 60.5 Å². The van der Waals surface area contributed by atoms with Crippen LogP contribution in [0.5, 0.6) is 5.75 Å². The Morgan fingerprint density at radius 1 is 0.385 bits per heavy atom. The summed E-state index contributed by atoms with van der Waals surface area (Å²) in [4.78, 5) is 15.2. The van der Waals surface area contributed by atoms with Crippen molar-refractivity contribution in [3.8, 4) is 62.2 Å². The molecule has 0 radical (unpaired) electrons. The largest absolute Gasteiger partial charge is 0.507 e. The molecule has 5 nitrogen and oxygen atoms in total. The van der Waals surface area contributed by atoms with E-state index in [1.165, 1.54) is 10.8 Å². The molecule has 8 aromatic carbocycles. The van der Waals surface area contributed by atoms with Crippen LogP contribution in [0.25, 0.3) is 99.9 Å². The van der Waals surface area contributed by atoms with Gasteiger partial charge in [0, 0.05) is 38.6 Å². The number of benzene rings is 8. The topological polar surface area (TPSA) is 72.0 Å². The maximum absolute atomic E-state index is 11.5. The summed E-state index contributed by atoms with van der Waals surface area (Å²) in [5.74, 6) is 1.71. The molecule has 2 heterocycles. The monoisotopic (exact) mass is 667 g/mol. The minimum atomic E-state index is 0.136. The zero-order valence-corrected chi connectivity index (χ0v) is 27.9. The van der Waals surface area contributed by atoms with Crippen molar-refractivity contribution in [3.63, 3.8) is 0 Å². The first-order chi connectivity index (χ1) is 25.7. The molecule has 0 saturated heterocycles. The summed E-state index contributed by atoms with van der Waals surface area (Å²) in [6.45, 7) is 0. The smallest absolute Gasteiger partial charge is 0.164 e. The van der Waals surface area contributed by atoms with E-state index >= 15 is 0 Å². The minimum absolute atomic E-state index is 0.136. The van der Waals surface area contributed by atoms with E-state index < -0.39 is 0 Å². The third kappa shape index (κ3) is 4.98. The number of para-hydroxylation sites is 2. The van der Waals surface area contributed by atoms with Crippen molar-refractivity contribution in [2.75, 3.05) is 0 Å². The SMILES string of the molecule is Oc1cccc(-c2nc(-c3ccccc3)nc(-c3ccc4ccc5ccccc5c4c3)n2)c1-c1cccc(-c2cccc3c2oc2ccccc23)c1. The Labute approximate surface area is 299 Å². The predicted octanol–water partition coefficient (Wildman–Crippen LogP) is 12.1. The van der Waals surface area contributed by atoms with Gasteiger partial charge in [-0.1, -0.05) is 146 Å². The van der Waals surface area contributed by atoms with Gasteiger partial charge in [0.05, 0.1) is 0 Å². The van der Waals surface area contributed by atoms with E-state index in [4.69, 9.17) is 19.4 Å². The van der Waals surface area contributed by atoms with Gasteiger partial charge >= 0.3 is 0 Å². The molecule has 10 aromatic rings. The second-order valence-corrected chi connectivity index (χ2v) is 13.0. The zero-order valence-electron chi connectivity index (χ0n) is 27.9. The van der Waals surface area contributed by atoms with E-state index in [-0.39, 0.29) is 5.75 Å². The Bertz CT molecular complexity index is 2990. The van der Waals surface area contributed by atoms with Gasteiger partial charge < -0.3 is 9.52 Å². The fourth-order valence-electron chi connectivity index (χ4n) is 7.33.